The molecule has 1 amide bonds. The lowest BCUT2D eigenvalue weighted by Gasteiger charge is -2.10. The van der Waals surface area contributed by atoms with Crippen LogP contribution in [0.3, 0.4) is 0 Å². The molecule has 0 aliphatic rings. The Kier molecular flexibility index (Phi) is 5.11. The minimum atomic E-state index is -3.61. The fraction of sp³-hybridized carbons (Fsp3) is 0.158. The number of hydrogen-bond donors (Lipinski definition) is 2. The van der Waals surface area contributed by atoms with Crippen LogP contribution < -0.4 is 15.5 Å². The summed E-state index contributed by atoms with van der Waals surface area (Å²) in [7, 11) is -3.61. The van der Waals surface area contributed by atoms with Crippen molar-refractivity contribution in [3.63, 3.8) is 0 Å². The number of carbonyl (C=O) groups is 1. The Hall–Kier alpha value is -2.97. The predicted octanol–water partition coefficient (Wildman–Crippen LogP) is 2.73. The van der Waals surface area contributed by atoms with Crippen molar-refractivity contribution >= 4 is 32.6 Å². The van der Waals surface area contributed by atoms with Crippen molar-refractivity contribution in [3.8, 4) is 0 Å². The Labute approximate surface area is 156 Å². The third-order valence-electron chi connectivity index (χ3n) is 3.67. The zero-order valence-corrected chi connectivity index (χ0v) is 15.5. The second-order valence-electron chi connectivity index (χ2n) is 6.23. The van der Waals surface area contributed by atoms with Crippen molar-refractivity contribution in [2.45, 2.75) is 24.8 Å². The number of rotatable bonds is 5. The smallest absolute Gasteiger partial charge is 0.291 e. The van der Waals surface area contributed by atoms with Crippen LogP contribution in [0.1, 0.15) is 24.4 Å². The average molecular weight is 386 g/mol. The average Bonchev–Trinajstić information content (AvgIpc) is 2.61. The first-order chi connectivity index (χ1) is 12.8. The van der Waals surface area contributed by atoms with E-state index in [1.165, 1.54) is 24.3 Å². The third kappa shape index (κ3) is 4.24. The Morgan fingerprint density at radius 1 is 1.04 bits per heavy atom. The highest BCUT2D eigenvalue weighted by Gasteiger charge is 2.16. The van der Waals surface area contributed by atoms with E-state index in [-0.39, 0.29) is 22.1 Å². The molecule has 8 heteroatoms. The maximum absolute atomic E-state index is 12.4. The zero-order valence-electron chi connectivity index (χ0n) is 14.7. The van der Waals surface area contributed by atoms with E-state index in [2.05, 4.69) is 10.0 Å². The van der Waals surface area contributed by atoms with E-state index in [9.17, 15) is 18.0 Å². The van der Waals surface area contributed by atoms with Crippen molar-refractivity contribution in [1.29, 1.82) is 0 Å². The van der Waals surface area contributed by atoms with Crippen LogP contribution in [0.25, 0.3) is 11.0 Å². The number of hydrogen-bond acceptors (Lipinski definition) is 5. The Morgan fingerprint density at radius 2 is 1.70 bits per heavy atom. The molecule has 0 unspecified atom stereocenters. The van der Waals surface area contributed by atoms with Gasteiger partial charge < -0.3 is 9.73 Å². The largest absolute Gasteiger partial charge is 0.451 e. The maximum Gasteiger partial charge on any atom is 0.291 e. The molecule has 3 aromatic rings. The van der Waals surface area contributed by atoms with Gasteiger partial charge in [-0.3, -0.25) is 9.59 Å². The lowest BCUT2D eigenvalue weighted by molar-refractivity contribution is 0.0997. The number of amides is 1. The molecule has 0 aliphatic carbocycles. The number of carbonyl (C=O) groups excluding carboxylic acids is 1. The standard InChI is InChI=1S/C19H18N2O5S/c1-12(2)21-27(24,25)14-9-7-13(8-10-14)20-19(23)18-11-16(22)15-5-3-4-6-17(15)26-18/h3-12,21H,1-2H3,(H,20,23). The zero-order chi connectivity index (χ0) is 19.6. The summed E-state index contributed by atoms with van der Waals surface area (Å²) in [6, 6.07) is 13.2. The summed E-state index contributed by atoms with van der Waals surface area (Å²) in [5.74, 6) is -0.731. The van der Waals surface area contributed by atoms with Gasteiger partial charge in [0.2, 0.25) is 10.0 Å². The first-order valence-corrected chi connectivity index (χ1v) is 9.71. The van der Waals surface area contributed by atoms with Crippen molar-refractivity contribution in [1.82, 2.24) is 4.72 Å². The molecule has 2 N–H and O–H groups in total. The first-order valence-electron chi connectivity index (χ1n) is 8.23. The number of sulfonamides is 1. The monoisotopic (exact) mass is 386 g/mol. The van der Waals surface area contributed by atoms with E-state index >= 15 is 0 Å². The molecule has 7 nitrogen and oxygen atoms in total. The minimum absolute atomic E-state index is 0.0893. The molecule has 0 bridgehead atoms. The van der Waals surface area contributed by atoms with Crippen LogP contribution in [0.4, 0.5) is 5.69 Å². The summed E-state index contributed by atoms with van der Waals surface area (Å²) in [6.07, 6.45) is 0. The van der Waals surface area contributed by atoms with Gasteiger partial charge in [-0.05, 0) is 50.2 Å². The Bertz CT molecular complexity index is 1150. The molecule has 0 atom stereocenters. The van der Waals surface area contributed by atoms with Crippen molar-refractivity contribution in [3.05, 3.63) is 70.6 Å². The molecule has 0 aliphatic heterocycles. The highest BCUT2D eigenvalue weighted by atomic mass is 32.2. The van der Waals surface area contributed by atoms with Gasteiger partial charge in [-0.15, -0.1) is 0 Å². The highest BCUT2D eigenvalue weighted by Crippen LogP contribution is 2.17. The molecule has 1 heterocycles. The molecule has 140 valence electrons. The number of benzene rings is 2. The van der Waals surface area contributed by atoms with Crippen molar-refractivity contribution < 1.29 is 17.6 Å². The summed E-state index contributed by atoms with van der Waals surface area (Å²) < 4.78 is 32.2. The van der Waals surface area contributed by atoms with Crippen molar-refractivity contribution in [2.75, 3.05) is 5.32 Å². The number of anilines is 1. The third-order valence-corrected chi connectivity index (χ3v) is 5.35. The topological polar surface area (TPSA) is 105 Å². The van der Waals surface area contributed by atoms with Gasteiger partial charge in [0.05, 0.1) is 10.3 Å². The fourth-order valence-electron chi connectivity index (χ4n) is 2.50. The van der Waals surface area contributed by atoms with E-state index in [0.29, 0.717) is 16.7 Å². The van der Waals surface area contributed by atoms with E-state index in [1.54, 1.807) is 38.1 Å². The molecule has 0 saturated carbocycles. The van der Waals surface area contributed by atoms with Gasteiger partial charge in [0.1, 0.15) is 5.58 Å². The number of fused-ring (bicyclic) bond motifs is 1. The molecular weight excluding hydrogens is 368 g/mol. The summed E-state index contributed by atoms with van der Waals surface area (Å²) in [4.78, 5) is 24.5. The van der Waals surface area contributed by atoms with Gasteiger partial charge in [-0.1, -0.05) is 12.1 Å². The van der Waals surface area contributed by atoms with E-state index in [1.807, 2.05) is 0 Å². The Balaban J connectivity index is 1.82. The summed E-state index contributed by atoms with van der Waals surface area (Å²) >= 11 is 0. The SMILES string of the molecule is CC(C)NS(=O)(=O)c1ccc(NC(=O)c2cc(=O)c3ccccc3o2)cc1. The van der Waals surface area contributed by atoms with E-state index in [4.69, 9.17) is 4.42 Å². The summed E-state index contributed by atoms with van der Waals surface area (Å²) in [5.41, 5.74) is 0.374. The lowest BCUT2D eigenvalue weighted by atomic mass is 10.2. The van der Waals surface area contributed by atoms with Gasteiger partial charge >= 0.3 is 0 Å². The van der Waals surface area contributed by atoms with Crippen LogP contribution in [-0.4, -0.2) is 20.4 Å². The van der Waals surface area contributed by atoms with Crippen LogP contribution >= 0.6 is 0 Å². The van der Waals surface area contributed by atoms with Gasteiger partial charge in [-0.25, -0.2) is 13.1 Å². The molecular formula is C19H18N2O5S. The number of para-hydroxylation sites is 1. The Morgan fingerprint density at radius 3 is 2.37 bits per heavy atom. The lowest BCUT2D eigenvalue weighted by Crippen LogP contribution is -2.30. The quantitative estimate of drug-likeness (QED) is 0.701. The van der Waals surface area contributed by atoms with Gasteiger partial charge in [0, 0.05) is 17.8 Å². The van der Waals surface area contributed by atoms with Crippen LogP contribution in [0, 0.1) is 0 Å². The van der Waals surface area contributed by atoms with E-state index in [0.717, 1.165) is 6.07 Å². The second kappa shape index (κ2) is 7.34. The highest BCUT2D eigenvalue weighted by molar-refractivity contribution is 7.89. The van der Waals surface area contributed by atoms with Gasteiger partial charge in [-0.2, -0.15) is 0 Å². The molecule has 2 aromatic carbocycles. The molecule has 1 aromatic heterocycles. The van der Waals surface area contributed by atoms with Crippen LogP contribution in [0.2, 0.25) is 0 Å². The number of nitrogens with one attached hydrogen (secondary N) is 2. The van der Waals surface area contributed by atoms with Crippen molar-refractivity contribution in [2.24, 2.45) is 0 Å². The summed E-state index contributed by atoms with van der Waals surface area (Å²) in [6.45, 7) is 3.45. The molecule has 0 fully saturated rings. The fourth-order valence-corrected chi connectivity index (χ4v) is 3.76. The summed E-state index contributed by atoms with van der Waals surface area (Å²) in [5, 5.41) is 2.97. The minimum Gasteiger partial charge on any atom is -0.451 e. The normalized spacial score (nSPS) is 11.7. The second-order valence-corrected chi connectivity index (χ2v) is 7.94. The molecule has 27 heavy (non-hydrogen) atoms. The first kappa shape index (κ1) is 18.8. The molecule has 0 saturated heterocycles. The maximum atomic E-state index is 12.4. The van der Waals surface area contributed by atoms with Gasteiger partial charge in [0.25, 0.3) is 5.91 Å². The molecule has 0 spiro atoms. The van der Waals surface area contributed by atoms with E-state index < -0.39 is 15.9 Å². The van der Waals surface area contributed by atoms with Crippen LogP contribution in [0.15, 0.2) is 68.7 Å². The van der Waals surface area contributed by atoms with Crippen LogP contribution in [0.5, 0.6) is 0 Å². The molecule has 3 rings (SSSR count). The van der Waals surface area contributed by atoms with Gasteiger partial charge in [0.15, 0.2) is 11.2 Å². The predicted molar refractivity (Wildman–Crippen MR) is 102 cm³/mol. The van der Waals surface area contributed by atoms with Crippen LogP contribution in [-0.2, 0) is 10.0 Å². The molecule has 0 radical (unpaired) electrons.